The Morgan fingerprint density at radius 1 is 0.719 bits per heavy atom. The average Bonchev–Trinajstić information content (AvgIpc) is 2.74. The van der Waals surface area contributed by atoms with Crippen LogP contribution in [0.4, 0.5) is 26.7 Å². The van der Waals surface area contributed by atoms with Gasteiger partial charge in [0.05, 0.1) is 10.9 Å². The second-order valence-electron chi connectivity index (χ2n) is 6.96. The zero-order chi connectivity index (χ0) is 23.1. The molecule has 32 heavy (non-hydrogen) atoms. The van der Waals surface area contributed by atoms with Crippen molar-refractivity contribution in [2.45, 2.75) is 17.9 Å². The molecular weight excluding hydrogens is 430 g/mol. The van der Waals surface area contributed by atoms with Crippen LogP contribution in [0.25, 0.3) is 0 Å². The van der Waals surface area contributed by atoms with Gasteiger partial charge >= 0.3 is 12.1 Å². The number of carbonyl (C=O) groups excluding carboxylic acids is 2. The number of sulfonamides is 1. The molecule has 1 atom stereocenters. The van der Waals surface area contributed by atoms with Gasteiger partial charge in [-0.1, -0.05) is 30.3 Å². The second-order valence-corrected chi connectivity index (χ2v) is 8.52. The molecule has 166 valence electrons. The fourth-order valence-corrected chi connectivity index (χ4v) is 3.36. The van der Waals surface area contributed by atoms with E-state index in [1.807, 2.05) is 25.1 Å². The third kappa shape index (κ3) is 6.56. The molecule has 0 aliphatic rings. The monoisotopic (exact) mass is 453 g/mol. The molecule has 9 nitrogen and oxygen atoms in total. The first-order chi connectivity index (χ1) is 15.2. The Morgan fingerprint density at radius 3 is 1.72 bits per heavy atom. The first-order valence-electron chi connectivity index (χ1n) is 9.64. The Kier molecular flexibility index (Phi) is 7.08. The first-order valence-corrected chi connectivity index (χ1v) is 11.2. The molecule has 10 heteroatoms. The van der Waals surface area contributed by atoms with Gasteiger partial charge in [-0.2, -0.15) is 0 Å². The van der Waals surface area contributed by atoms with Gasteiger partial charge in [-0.05, 0) is 61.0 Å². The summed E-state index contributed by atoms with van der Waals surface area (Å²) in [6, 6.07) is 20.6. The highest BCUT2D eigenvalue weighted by molar-refractivity contribution is 7.89. The van der Waals surface area contributed by atoms with Gasteiger partial charge in [0.25, 0.3) is 0 Å². The number of hydrogen-bond acceptors (Lipinski definition) is 4. The molecule has 0 heterocycles. The highest BCUT2D eigenvalue weighted by Crippen LogP contribution is 2.17. The normalized spacial score (nSPS) is 11.8. The number of benzene rings is 3. The molecule has 0 radical (unpaired) electrons. The molecule has 4 amide bonds. The maximum absolute atomic E-state index is 12.2. The van der Waals surface area contributed by atoms with E-state index >= 15 is 0 Å². The van der Waals surface area contributed by atoms with Crippen LogP contribution in [0.5, 0.6) is 0 Å². The fourth-order valence-electron chi connectivity index (χ4n) is 2.85. The van der Waals surface area contributed by atoms with E-state index in [0.29, 0.717) is 17.1 Å². The zero-order valence-corrected chi connectivity index (χ0v) is 18.0. The van der Waals surface area contributed by atoms with Crippen molar-refractivity contribution in [2.75, 3.05) is 16.0 Å². The van der Waals surface area contributed by atoms with Crippen molar-refractivity contribution in [1.29, 1.82) is 0 Å². The van der Waals surface area contributed by atoms with Crippen LogP contribution in [0.3, 0.4) is 0 Å². The predicted molar refractivity (Wildman–Crippen MR) is 124 cm³/mol. The number of amides is 4. The van der Waals surface area contributed by atoms with Crippen molar-refractivity contribution < 1.29 is 18.0 Å². The lowest BCUT2D eigenvalue weighted by molar-refractivity contribution is 0.249. The molecule has 0 saturated carbocycles. The van der Waals surface area contributed by atoms with Gasteiger partial charge < -0.3 is 21.3 Å². The number of anilines is 3. The maximum Gasteiger partial charge on any atom is 0.323 e. The number of urea groups is 2. The fraction of sp³-hybridized carbons (Fsp3) is 0.0909. The Morgan fingerprint density at radius 2 is 1.19 bits per heavy atom. The number of para-hydroxylation sites is 1. The van der Waals surface area contributed by atoms with E-state index in [1.165, 1.54) is 24.3 Å². The Hall–Kier alpha value is -3.89. The quantitative estimate of drug-likeness (QED) is 0.386. The minimum Gasteiger partial charge on any atom is -0.331 e. The van der Waals surface area contributed by atoms with Crippen LogP contribution in [0.1, 0.15) is 18.5 Å². The summed E-state index contributed by atoms with van der Waals surface area (Å²) in [5.41, 5.74) is 2.54. The van der Waals surface area contributed by atoms with E-state index < -0.39 is 16.1 Å². The van der Waals surface area contributed by atoms with Gasteiger partial charge in [-0.25, -0.2) is 23.1 Å². The third-order valence-corrected chi connectivity index (χ3v) is 5.42. The van der Waals surface area contributed by atoms with E-state index in [1.54, 1.807) is 36.4 Å². The number of hydrogen-bond donors (Lipinski definition) is 5. The number of primary sulfonamides is 1. The standard InChI is InChI=1S/C22H23N5O4S/c1-15(24-21(28)26-19-11-13-20(14-12-19)32(23,30)31)16-7-9-18(10-8-16)27-22(29)25-17-5-3-2-4-6-17/h2-15H,1H3,(H2,23,30,31)(H2,24,26,28)(H2,25,27,29)/t15-/m0/s1. The highest BCUT2D eigenvalue weighted by Gasteiger charge is 2.12. The molecular formula is C22H23N5O4S. The molecule has 3 aromatic carbocycles. The maximum atomic E-state index is 12.2. The molecule has 3 aromatic rings. The summed E-state index contributed by atoms with van der Waals surface area (Å²) in [7, 11) is -3.79. The lowest BCUT2D eigenvalue weighted by Gasteiger charge is -2.16. The van der Waals surface area contributed by atoms with E-state index in [4.69, 9.17) is 5.14 Å². The van der Waals surface area contributed by atoms with Gasteiger partial charge in [0.15, 0.2) is 0 Å². The molecule has 0 saturated heterocycles. The Balaban J connectivity index is 1.52. The van der Waals surface area contributed by atoms with Crippen LogP contribution in [0, 0.1) is 0 Å². The van der Waals surface area contributed by atoms with Crippen LogP contribution in [0.15, 0.2) is 83.8 Å². The lowest BCUT2D eigenvalue weighted by Crippen LogP contribution is -2.31. The van der Waals surface area contributed by atoms with Crippen molar-refractivity contribution in [1.82, 2.24) is 5.32 Å². The van der Waals surface area contributed by atoms with Crippen LogP contribution in [-0.2, 0) is 10.0 Å². The zero-order valence-electron chi connectivity index (χ0n) is 17.2. The number of carbonyl (C=O) groups is 2. The first kappa shape index (κ1) is 22.8. The van der Waals surface area contributed by atoms with E-state index in [-0.39, 0.29) is 17.0 Å². The minimum absolute atomic E-state index is 0.0389. The summed E-state index contributed by atoms with van der Waals surface area (Å²) < 4.78 is 22.6. The Bertz CT molecular complexity index is 1180. The van der Waals surface area contributed by atoms with Gasteiger partial charge in [0.2, 0.25) is 10.0 Å². The lowest BCUT2D eigenvalue weighted by atomic mass is 10.1. The third-order valence-electron chi connectivity index (χ3n) is 4.49. The average molecular weight is 454 g/mol. The Labute approximate surface area is 186 Å². The van der Waals surface area contributed by atoms with Crippen molar-refractivity contribution in [3.63, 3.8) is 0 Å². The summed E-state index contributed by atoms with van der Waals surface area (Å²) in [5.74, 6) is 0. The molecule has 0 aliphatic carbocycles. The number of nitrogens with two attached hydrogens (primary N) is 1. The molecule has 0 aromatic heterocycles. The summed E-state index contributed by atoms with van der Waals surface area (Å²) in [4.78, 5) is 24.3. The molecule has 0 spiro atoms. The van der Waals surface area contributed by atoms with Crippen LogP contribution in [0.2, 0.25) is 0 Å². The van der Waals surface area contributed by atoms with Crippen molar-refractivity contribution >= 4 is 39.1 Å². The molecule has 0 aliphatic heterocycles. The topological polar surface area (TPSA) is 142 Å². The summed E-state index contributed by atoms with van der Waals surface area (Å²) in [5, 5.41) is 16.0. The van der Waals surface area contributed by atoms with Crippen LogP contribution in [-0.4, -0.2) is 20.5 Å². The van der Waals surface area contributed by atoms with Gasteiger partial charge in [0, 0.05) is 17.1 Å². The summed E-state index contributed by atoms with van der Waals surface area (Å²) in [6.07, 6.45) is 0. The van der Waals surface area contributed by atoms with E-state index in [0.717, 1.165) is 5.56 Å². The predicted octanol–water partition coefficient (Wildman–Crippen LogP) is 3.86. The van der Waals surface area contributed by atoms with Crippen molar-refractivity contribution in [3.05, 3.63) is 84.4 Å². The van der Waals surface area contributed by atoms with Gasteiger partial charge in [0.1, 0.15) is 0 Å². The van der Waals surface area contributed by atoms with E-state index in [2.05, 4.69) is 21.3 Å². The summed E-state index contributed by atoms with van der Waals surface area (Å²) in [6.45, 7) is 1.81. The van der Waals surface area contributed by atoms with Crippen LogP contribution >= 0.6 is 0 Å². The summed E-state index contributed by atoms with van der Waals surface area (Å²) >= 11 is 0. The molecule has 0 fully saturated rings. The largest absolute Gasteiger partial charge is 0.331 e. The molecule has 6 N–H and O–H groups in total. The highest BCUT2D eigenvalue weighted by atomic mass is 32.2. The molecule has 0 unspecified atom stereocenters. The minimum atomic E-state index is -3.79. The number of nitrogens with one attached hydrogen (secondary N) is 4. The molecule has 0 bridgehead atoms. The SMILES string of the molecule is C[C@H](NC(=O)Nc1ccc(S(N)(=O)=O)cc1)c1ccc(NC(=O)Nc2ccccc2)cc1. The van der Waals surface area contributed by atoms with E-state index in [9.17, 15) is 18.0 Å². The number of rotatable bonds is 6. The van der Waals surface area contributed by atoms with Crippen LogP contribution < -0.4 is 26.4 Å². The smallest absolute Gasteiger partial charge is 0.323 e. The van der Waals surface area contributed by atoms with Gasteiger partial charge in [-0.15, -0.1) is 0 Å². The van der Waals surface area contributed by atoms with Gasteiger partial charge in [-0.3, -0.25) is 0 Å². The molecule has 3 rings (SSSR count). The van der Waals surface area contributed by atoms with Crippen molar-refractivity contribution in [3.8, 4) is 0 Å². The van der Waals surface area contributed by atoms with Crippen molar-refractivity contribution in [2.24, 2.45) is 5.14 Å². The second kappa shape index (κ2) is 9.94.